The van der Waals surface area contributed by atoms with Gasteiger partial charge in [0.15, 0.2) is 0 Å². The van der Waals surface area contributed by atoms with Crippen LogP contribution in [0.25, 0.3) is 0 Å². The van der Waals surface area contributed by atoms with Gasteiger partial charge in [0.25, 0.3) is 0 Å². The number of alkyl halides is 6. The number of halogens is 6. The maximum atomic E-state index is 12.5. The highest BCUT2D eigenvalue weighted by Crippen LogP contribution is 2.37. The fourth-order valence-corrected chi connectivity index (χ4v) is 1.33. The Morgan fingerprint density at radius 1 is 1.00 bits per heavy atom. The number of nitrogens with zero attached hydrogens (tertiary/aromatic N) is 1. The molecule has 0 saturated heterocycles. The zero-order valence-corrected chi connectivity index (χ0v) is 9.13. The first-order chi connectivity index (χ1) is 8.55. The Labute approximate surface area is 103 Å². The Kier molecular flexibility index (Phi) is 4.09. The van der Waals surface area contributed by atoms with E-state index in [1.807, 2.05) is 0 Å². The summed E-state index contributed by atoms with van der Waals surface area (Å²) >= 11 is 0. The summed E-state index contributed by atoms with van der Waals surface area (Å²) in [4.78, 5) is 0. The normalized spacial score (nSPS) is 14.9. The van der Waals surface area contributed by atoms with Crippen LogP contribution in [0.15, 0.2) is 23.4 Å². The molecule has 0 radical (unpaired) electrons. The first-order valence-corrected chi connectivity index (χ1v) is 4.78. The molecule has 3 nitrogen and oxygen atoms in total. The first kappa shape index (κ1) is 15.3. The molecule has 0 fully saturated rings. The molecule has 0 heterocycles. The average Bonchev–Trinajstić information content (AvgIpc) is 2.26. The molecular weight excluding hydrogens is 278 g/mol. The highest BCUT2D eigenvalue weighted by Gasteiger charge is 2.37. The monoisotopic (exact) mass is 286 g/mol. The van der Waals surface area contributed by atoms with Gasteiger partial charge in [0, 0.05) is 0 Å². The van der Waals surface area contributed by atoms with E-state index in [2.05, 4.69) is 5.16 Å². The van der Waals surface area contributed by atoms with Gasteiger partial charge in [-0.05, 0) is 23.8 Å². The predicted molar refractivity (Wildman–Crippen MR) is 53.7 cm³/mol. The lowest BCUT2D eigenvalue weighted by Gasteiger charge is -2.15. The van der Waals surface area contributed by atoms with E-state index in [0.717, 1.165) is 0 Å². The number of rotatable bonds is 2. The largest absolute Gasteiger partial charge is 0.416 e. The molecule has 0 aliphatic carbocycles. The molecule has 0 aliphatic rings. The van der Waals surface area contributed by atoms with Crippen LogP contribution in [0.2, 0.25) is 0 Å². The summed E-state index contributed by atoms with van der Waals surface area (Å²) in [6.07, 6.45) is -9.26. The molecule has 1 aromatic rings. The quantitative estimate of drug-likeness (QED) is 0.379. The highest BCUT2D eigenvalue weighted by atomic mass is 19.4. The van der Waals surface area contributed by atoms with E-state index in [4.69, 9.17) is 10.9 Å². The van der Waals surface area contributed by atoms with E-state index < -0.39 is 35.1 Å². The van der Waals surface area contributed by atoms with Crippen LogP contribution < -0.4 is 5.73 Å². The average molecular weight is 286 g/mol. The Morgan fingerprint density at radius 3 is 1.74 bits per heavy atom. The second-order valence-corrected chi connectivity index (χ2v) is 3.63. The van der Waals surface area contributed by atoms with E-state index in [1.165, 1.54) is 0 Å². The molecule has 0 aromatic heterocycles. The van der Waals surface area contributed by atoms with Crippen molar-refractivity contribution in [3.63, 3.8) is 0 Å². The third-order valence-electron chi connectivity index (χ3n) is 2.22. The first-order valence-electron chi connectivity index (χ1n) is 4.78. The summed E-state index contributed by atoms with van der Waals surface area (Å²) in [6, 6.07) is -0.441. The number of hydrogen-bond donors (Lipinski definition) is 2. The van der Waals surface area contributed by atoms with Crippen molar-refractivity contribution in [2.24, 2.45) is 10.9 Å². The van der Waals surface area contributed by atoms with Crippen LogP contribution in [0.5, 0.6) is 0 Å². The summed E-state index contributed by atoms with van der Waals surface area (Å²) in [5, 5.41) is 10.7. The molecule has 3 N–H and O–H groups in total. The Hall–Kier alpha value is -1.77. The van der Waals surface area contributed by atoms with E-state index in [1.54, 1.807) is 0 Å². The van der Waals surface area contributed by atoms with Crippen LogP contribution in [-0.2, 0) is 12.4 Å². The van der Waals surface area contributed by atoms with Crippen molar-refractivity contribution in [2.75, 3.05) is 0 Å². The molecule has 1 aromatic carbocycles. The zero-order valence-electron chi connectivity index (χ0n) is 9.13. The summed E-state index contributed by atoms with van der Waals surface area (Å²) in [5.74, 6) is 0. The van der Waals surface area contributed by atoms with Gasteiger partial charge in [0.1, 0.15) is 0 Å². The van der Waals surface area contributed by atoms with Gasteiger partial charge in [-0.2, -0.15) is 26.3 Å². The van der Waals surface area contributed by atoms with Crippen LogP contribution in [-0.4, -0.2) is 11.4 Å². The van der Waals surface area contributed by atoms with Crippen molar-refractivity contribution in [3.05, 3.63) is 34.9 Å². The molecule has 0 bridgehead atoms. The van der Waals surface area contributed by atoms with Gasteiger partial charge in [-0.1, -0.05) is 0 Å². The zero-order chi connectivity index (χ0) is 14.8. The van der Waals surface area contributed by atoms with E-state index in [-0.39, 0.29) is 6.07 Å². The van der Waals surface area contributed by atoms with Gasteiger partial charge in [0.05, 0.1) is 23.4 Å². The SMILES string of the molecule is NC(C=NO)c1cc(C(F)(F)F)cc(C(F)(F)F)c1. The minimum Gasteiger partial charge on any atom is -0.411 e. The smallest absolute Gasteiger partial charge is 0.411 e. The van der Waals surface area contributed by atoms with Crippen molar-refractivity contribution in [1.29, 1.82) is 0 Å². The fourth-order valence-electron chi connectivity index (χ4n) is 1.33. The molecule has 0 aliphatic heterocycles. The van der Waals surface area contributed by atoms with Gasteiger partial charge in [-0.15, -0.1) is 5.16 Å². The summed E-state index contributed by atoms with van der Waals surface area (Å²) in [6.45, 7) is 0. The van der Waals surface area contributed by atoms with Crippen LogP contribution in [0.3, 0.4) is 0 Å². The van der Waals surface area contributed by atoms with Crippen LogP contribution in [0.1, 0.15) is 22.7 Å². The van der Waals surface area contributed by atoms with Crippen molar-refractivity contribution >= 4 is 6.21 Å². The van der Waals surface area contributed by atoms with Crippen molar-refractivity contribution in [3.8, 4) is 0 Å². The molecule has 0 spiro atoms. The number of hydrogen-bond acceptors (Lipinski definition) is 3. The third-order valence-corrected chi connectivity index (χ3v) is 2.22. The van der Waals surface area contributed by atoms with Crippen LogP contribution in [0.4, 0.5) is 26.3 Å². The number of benzene rings is 1. The molecule has 0 amide bonds. The molecular formula is C10H8F6N2O. The summed E-state index contributed by atoms with van der Waals surface area (Å²) < 4.78 is 75.0. The lowest BCUT2D eigenvalue weighted by molar-refractivity contribution is -0.143. The van der Waals surface area contributed by atoms with E-state index in [9.17, 15) is 26.3 Å². The Balaban J connectivity index is 3.41. The minimum atomic E-state index is -4.94. The molecule has 106 valence electrons. The lowest BCUT2D eigenvalue weighted by Crippen LogP contribution is -2.17. The number of nitrogens with two attached hydrogens (primary N) is 1. The lowest BCUT2D eigenvalue weighted by atomic mass is 10.0. The minimum absolute atomic E-state index is 0.00763. The topological polar surface area (TPSA) is 58.6 Å². The van der Waals surface area contributed by atoms with E-state index >= 15 is 0 Å². The predicted octanol–water partition coefficient (Wildman–Crippen LogP) is 3.18. The van der Waals surface area contributed by atoms with Gasteiger partial charge >= 0.3 is 12.4 Å². The van der Waals surface area contributed by atoms with Gasteiger partial charge < -0.3 is 10.9 Å². The van der Waals surface area contributed by atoms with Crippen LogP contribution >= 0.6 is 0 Å². The fraction of sp³-hybridized carbons (Fsp3) is 0.300. The Bertz CT molecular complexity index is 448. The highest BCUT2D eigenvalue weighted by molar-refractivity contribution is 5.66. The maximum Gasteiger partial charge on any atom is 0.416 e. The van der Waals surface area contributed by atoms with Crippen molar-refractivity contribution < 1.29 is 31.5 Å². The van der Waals surface area contributed by atoms with Crippen molar-refractivity contribution in [2.45, 2.75) is 18.4 Å². The standard InChI is InChI=1S/C10H8F6N2O/c11-9(12,13)6-1-5(8(17)4-18-19)2-7(3-6)10(14,15)16/h1-4,8,19H,17H2. The second-order valence-electron chi connectivity index (χ2n) is 3.63. The third kappa shape index (κ3) is 3.85. The summed E-state index contributed by atoms with van der Waals surface area (Å²) in [5.41, 5.74) is 1.88. The molecule has 0 saturated carbocycles. The van der Waals surface area contributed by atoms with E-state index in [0.29, 0.717) is 18.3 Å². The maximum absolute atomic E-state index is 12.5. The Morgan fingerprint density at radius 2 is 1.42 bits per heavy atom. The second kappa shape index (κ2) is 5.08. The molecule has 9 heteroatoms. The number of oxime groups is 1. The van der Waals surface area contributed by atoms with Crippen molar-refractivity contribution in [1.82, 2.24) is 0 Å². The molecule has 1 rings (SSSR count). The van der Waals surface area contributed by atoms with Gasteiger partial charge in [0.2, 0.25) is 0 Å². The molecule has 1 atom stereocenters. The molecule has 1 unspecified atom stereocenters. The summed E-state index contributed by atoms with van der Waals surface area (Å²) in [7, 11) is 0. The van der Waals surface area contributed by atoms with Crippen LogP contribution in [0, 0.1) is 0 Å². The van der Waals surface area contributed by atoms with Gasteiger partial charge in [-0.25, -0.2) is 0 Å². The molecule has 19 heavy (non-hydrogen) atoms. The van der Waals surface area contributed by atoms with Gasteiger partial charge in [-0.3, -0.25) is 0 Å².